The summed E-state index contributed by atoms with van der Waals surface area (Å²) in [4.78, 5) is 0. The Bertz CT molecular complexity index is 704. The maximum Gasteiger partial charge on any atom is 0.352 e. The first-order chi connectivity index (χ1) is 10.8. The zero-order valence-electron chi connectivity index (χ0n) is 13.1. The van der Waals surface area contributed by atoms with Crippen molar-refractivity contribution in [3.8, 4) is 11.5 Å². The van der Waals surface area contributed by atoms with Crippen LogP contribution in [0.25, 0.3) is 0 Å². The monoisotopic (exact) mass is 382 g/mol. The van der Waals surface area contributed by atoms with E-state index in [1.54, 1.807) is 24.3 Å². The van der Waals surface area contributed by atoms with Gasteiger partial charge in [-0.25, -0.2) is 0 Å². The van der Waals surface area contributed by atoms with E-state index in [0.29, 0.717) is 0 Å². The van der Waals surface area contributed by atoms with Crippen LogP contribution in [0.1, 0.15) is 26.3 Å². The summed E-state index contributed by atoms with van der Waals surface area (Å²) in [6.45, 7) is 5.89. The van der Waals surface area contributed by atoms with Crippen molar-refractivity contribution in [3.63, 3.8) is 0 Å². The molecule has 5 heteroatoms. The number of benzene rings is 2. The van der Waals surface area contributed by atoms with Crippen molar-refractivity contribution in [1.29, 1.82) is 0 Å². The molecule has 0 heterocycles. The molecule has 0 bridgehead atoms. The second-order valence-electron chi connectivity index (χ2n) is 5.95. The van der Waals surface area contributed by atoms with Crippen molar-refractivity contribution in [3.05, 3.63) is 70.6 Å². The second kappa shape index (κ2) is 7.13. The highest BCUT2D eigenvalue weighted by Gasteiger charge is 2.21. The predicted octanol–water partition coefficient (Wildman–Crippen LogP) is 6.27. The third kappa shape index (κ3) is 4.79. The largest absolute Gasteiger partial charge is 0.427 e. The minimum absolute atomic E-state index is 0.175. The van der Waals surface area contributed by atoms with Gasteiger partial charge in [-0.05, 0) is 35.7 Å². The zero-order valence-corrected chi connectivity index (χ0v) is 14.7. The van der Waals surface area contributed by atoms with Gasteiger partial charge in [0.1, 0.15) is 11.5 Å². The molecule has 0 N–H and O–H groups in total. The maximum absolute atomic E-state index is 14.0. The van der Waals surface area contributed by atoms with Crippen LogP contribution >= 0.6 is 15.9 Å². The third-order valence-electron chi connectivity index (χ3n) is 3.07. The van der Waals surface area contributed by atoms with Crippen molar-refractivity contribution in [2.24, 2.45) is 0 Å². The predicted molar refractivity (Wildman–Crippen MR) is 89.8 cm³/mol. The van der Waals surface area contributed by atoms with Crippen molar-refractivity contribution in [1.82, 2.24) is 0 Å². The molecule has 2 aromatic rings. The Labute approximate surface area is 142 Å². The van der Waals surface area contributed by atoms with Crippen molar-refractivity contribution in [2.75, 3.05) is 0 Å². The number of para-hydroxylation sites is 1. The molecule has 0 atom stereocenters. The molecule has 2 aromatic carbocycles. The fourth-order valence-corrected chi connectivity index (χ4v) is 2.22. The van der Waals surface area contributed by atoms with Crippen LogP contribution in [-0.2, 0) is 5.41 Å². The molecule has 0 aromatic heterocycles. The minimum atomic E-state index is -1.42. The fraction of sp³-hybridized carbons (Fsp3) is 0.222. The molecule has 0 amide bonds. The highest BCUT2D eigenvalue weighted by atomic mass is 79.9. The van der Waals surface area contributed by atoms with E-state index < -0.39 is 12.0 Å². The molecule has 0 saturated heterocycles. The summed E-state index contributed by atoms with van der Waals surface area (Å²) < 4.78 is 38.5. The SMILES string of the molecule is CC(C)(C)c1ccccc1O/C(F)=C(/F)Oc1ccc(Br)cc1. The van der Waals surface area contributed by atoms with Crippen LogP contribution in [0.15, 0.2) is 65.0 Å². The topological polar surface area (TPSA) is 18.5 Å². The molecular weight excluding hydrogens is 366 g/mol. The first kappa shape index (κ1) is 17.5. The molecule has 0 saturated carbocycles. The molecule has 0 aliphatic heterocycles. The quantitative estimate of drug-likeness (QED) is 0.580. The van der Waals surface area contributed by atoms with Gasteiger partial charge < -0.3 is 9.47 Å². The van der Waals surface area contributed by atoms with Gasteiger partial charge in [-0.15, -0.1) is 0 Å². The van der Waals surface area contributed by atoms with E-state index in [1.165, 1.54) is 12.1 Å². The molecule has 0 unspecified atom stereocenters. The molecule has 0 aliphatic rings. The van der Waals surface area contributed by atoms with E-state index in [9.17, 15) is 8.78 Å². The van der Waals surface area contributed by atoms with E-state index in [-0.39, 0.29) is 16.9 Å². The van der Waals surface area contributed by atoms with E-state index in [1.807, 2.05) is 32.9 Å². The van der Waals surface area contributed by atoms with Crippen LogP contribution in [0.4, 0.5) is 8.78 Å². The van der Waals surface area contributed by atoms with E-state index >= 15 is 0 Å². The van der Waals surface area contributed by atoms with E-state index in [4.69, 9.17) is 9.47 Å². The fourth-order valence-electron chi connectivity index (χ4n) is 1.96. The first-order valence-corrected chi connectivity index (χ1v) is 7.83. The summed E-state index contributed by atoms with van der Waals surface area (Å²) in [5.41, 5.74) is 0.506. The lowest BCUT2D eigenvalue weighted by Gasteiger charge is -2.21. The number of hydrogen-bond donors (Lipinski definition) is 0. The molecule has 23 heavy (non-hydrogen) atoms. The van der Waals surface area contributed by atoms with Gasteiger partial charge in [0.15, 0.2) is 0 Å². The Morgan fingerprint density at radius 3 is 2.04 bits per heavy atom. The molecule has 122 valence electrons. The lowest BCUT2D eigenvalue weighted by molar-refractivity contribution is 0.201. The van der Waals surface area contributed by atoms with Gasteiger partial charge in [0.25, 0.3) is 0 Å². The lowest BCUT2D eigenvalue weighted by atomic mass is 9.86. The van der Waals surface area contributed by atoms with E-state index in [2.05, 4.69) is 15.9 Å². The van der Waals surface area contributed by atoms with Gasteiger partial charge in [-0.2, -0.15) is 8.78 Å². The van der Waals surface area contributed by atoms with Crippen LogP contribution < -0.4 is 9.47 Å². The maximum atomic E-state index is 14.0. The Balaban J connectivity index is 2.20. The van der Waals surface area contributed by atoms with Gasteiger partial charge in [-0.3, -0.25) is 0 Å². The summed E-state index contributed by atoms with van der Waals surface area (Å²) >= 11 is 3.25. The van der Waals surface area contributed by atoms with Crippen molar-refractivity contribution in [2.45, 2.75) is 26.2 Å². The number of halogens is 3. The second-order valence-corrected chi connectivity index (χ2v) is 6.87. The van der Waals surface area contributed by atoms with Crippen molar-refractivity contribution >= 4 is 15.9 Å². The normalized spacial score (nSPS) is 12.6. The van der Waals surface area contributed by atoms with E-state index in [0.717, 1.165) is 10.0 Å². The van der Waals surface area contributed by atoms with Gasteiger partial charge in [0.2, 0.25) is 0 Å². The van der Waals surface area contributed by atoms with Gasteiger partial charge in [0, 0.05) is 10.0 Å². The lowest BCUT2D eigenvalue weighted by Crippen LogP contribution is -2.13. The van der Waals surface area contributed by atoms with Crippen LogP contribution in [-0.4, -0.2) is 0 Å². The number of rotatable bonds is 4. The minimum Gasteiger partial charge on any atom is -0.427 e. The average Bonchev–Trinajstić information content (AvgIpc) is 2.49. The summed E-state index contributed by atoms with van der Waals surface area (Å²) in [5, 5.41) is 0. The van der Waals surface area contributed by atoms with Crippen LogP contribution in [0.3, 0.4) is 0 Å². The van der Waals surface area contributed by atoms with Crippen molar-refractivity contribution < 1.29 is 18.3 Å². The van der Waals surface area contributed by atoms with Crippen LogP contribution in [0.2, 0.25) is 0 Å². The molecule has 0 spiro atoms. The molecule has 2 rings (SSSR count). The molecule has 0 aliphatic carbocycles. The molecular formula is C18H17BrF2O2. The average molecular weight is 383 g/mol. The summed E-state index contributed by atoms with van der Waals surface area (Å²) in [7, 11) is 0. The molecule has 2 nitrogen and oxygen atoms in total. The summed E-state index contributed by atoms with van der Waals surface area (Å²) in [6, 6.07) is 10.4. The molecule has 0 fully saturated rings. The van der Waals surface area contributed by atoms with Crippen LogP contribution in [0, 0.1) is 0 Å². The van der Waals surface area contributed by atoms with Crippen LogP contribution in [0.5, 0.6) is 11.5 Å². The number of ether oxygens (including phenoxy) is 2. The van der Waals surface area contributed by atoms with Gasteiger partial charge >= 0.3 is 12.0 Å². The Morgan fingerprint density at radius 1 is 0.870 bits per heavy atom. The molecule has 0 radical (unpaired) electrons. The van der Waals surface area contributed by atoms with Gasteiger partial charge in [-0.1, -0.05) is 54.9 Å². The Morgan fingerprint density at radius 2 is 1.43 bits per heavy atom. The first-order valence-electron chi connectivity index (χ1n) is 7.03. The van der Waals surface area contributed by atoms with Gasteiger partial charge in [0.05, 0.1) is 0 Å². The standard InChI is InChI=1S/C18H17BrF2O2/c1-18(2,3)14-6-4-5-7-15(14)23-17(21)16(20)22-13-10-8-12(19)9-11-13/h4-11H,1-3H3/b17-16-. The third-order valence-corrected chi connectivity index (χ3v) is 3.60. The number of hydrogen-bond acceptors (Lipinski definition) is 2. The highest BCUT2D eigenvalue weighted by molar-refractivity contribution is 9.10. The Hall–Kier alpha value is -1.88. The zero-order chi connectivity index (χ0) is 17.0. The summed E-state index contributed by atoms with van der Waals surface area (Å²) in [5.74, 6) is 0.431. The summed E-state index contributed by atoms with van der Waals surface area (Å²) in [6.07, 6.45) is 0. The Kier molecular flexibility index (Phi) is 5.42. The smallest absolute Gasteiger partial charge is 0.352 e. The highest BCUT2D eigenvalue weighted by Crippen LogP contribution is 2.33.